The monoisotopic (exact) mass is 363 g/mol. The average molecular weight is 364 g/mol. The Balaban J connectivity index is 2.01. The molecule has 1 amide bonds. The summed E-state index contributed by atoms with van der Waals surface area (Å²) in [7, 11) is 5.19. The van der Waals surface area contributed by atoms with Gasteiger partial charge in [0.15, 0.2) is 18.0 Å². The average Bonchev–Trinajstić information content (AvgIpc) is 2.58. The van der Waals surface area contributed by atoms with E-state index >= 15 is 0 Å². The molecule has 1 atom stereocenters. The molecule has 0 aliphatic rings. The quantitative estimate of drug-likeness (QED) is 0.793. The highest BCUT2D eigenvalue weighted by atomic mass is 35.5. The first-order chi connectivity index (χ1) is 12.0. The second kappa shape index (κ2) is 8.74. The molecule has 2 aromatic rings. The fraction of sp³-hybridized carbons (Fsp3) is 0.316. The number of rotatable bonds is 7. The van der Waals surface area contributed by atoms with Crippen LogP contribution >= 0.6 is 11.6 Å². The molecule has 1 unspecified atom stereocenters. The number of hydrogen-bond donors (Lipinski definition) is 2. The lowest BCUT2D eigenvalue weighted by atomic mass is 10.1. The highest BCUT2D eigenvalue weighted by Gasteiger charge is 2.16. The minimum atomic E-state index is -0.0651. The maximum absolute atomic E-state index is 12.3. The molecular weight excluding hydrogens is 340 g/mol. The largest absolute Gasteiger partial charge is 0.493 e. The Labute approximate surface area is 153 Å². The van der Waals surface area contributed by atoms with Crippen LogP contribution in [-0.2, 0) is 11.3 Å². The second-order valence-corrected chi connectivity index (χ2v) is 6.33. The zero-order valence-electron chi connectivity index (χ0n) is 15.0. The van der Waals surface area contributed by atoms with Crippen molar-refractivity contribution in [2.45, 2.75) is 13.5 Å². The third-order valence-electron chi connectivity index (χ3n) is 3.98. The molecule has 6 heteroatoms. The van der Waals surface area contributed by atoms with Gasteiger partial charge in [-0.25, -0.2) is 0 Å². The number of likely N-dealkylation sites (N-methyl/N-ethyl adjacent to an activating group) is 1. The number of hydrogen-bond acceptors (Lipinski definition) is 3. The Morgan fingerprint density at radius 1 is 1.16 bits per heavy atom. The van der Waals surface area contributed by atoms with Crippen LogP contribution in [0.15, 0.2) is 36.4 Å². The van der Waals surface area contributed by atoms with Gasteiger partial charge in [-0.05, 0) is 36.8 Å². The minimum absolute atomic E-state index is 0.0651. The van der Waals surface area contributed by atoms with E-state index in [1.165, 1.54) is 0 Å². The number of halogens is 1. The fourth-order valence-corrected chi connectivity index (χ4v) is 2.87. The normalized spacial score (nSPS) is 11.7. The zero-order chi connectivity index (χ0) is 18.4. The maximum atomic E-state index is 12.3. The van der Waals surface area contributed by atoms with Crippen molar-refractivity contribution in [3.63, 3.8) is 0 Å². The van der Waals surface area contributed by atoms with Gasteiger partial charge in [-0.15, -0.1) is 0 Å². The number of benzene rings is 2. The molecule has 0 aromatic heterocycles. The number of carbonyl (C=O) groups excluding carboxylic acids is 1. The van der Waals surface area contributed by atoms with Crippen molar-refractivity contribution in [3.8, 4) is 11.5 Å². The lowest BCUT2D eigenvalue weighted by Gasteiger charge is -2.17. The second-order valence-electron chi connectivity index (χ2n) is 5.92. The number of carbonyl (C=O) groups is 1. The smallest absolute Gasteiger partial charge is 0.279 e. The number of methoxy groups -OCH3 is 2. The van der Waals surface area contributed by atoms with Crippen LogP contribution in [0.5, 0.6) is 11.5 Å². The van der Waals surface area contributed by atoms with Crippen LogP contribution in [0.3, 0.4) is 0 Å². The molecule has 0 saturated heterocycles. The van der Waals surface area contributed by atoms with E-state index < -0.39 is 0 Å². The Hall–Kier alpha value is -2.24. The molecule has 2 aromatic carbocycles. The number of para-hydroxylation sites is 1. The molecule has 0 spiro atoms. The summed E-state index contributed by atoms with van der Waals surface area (Å²) in [6.07, 6.45) is 0. The third-order valence-corrected chi connectivity index (χ3v) is 4.39. The van der Waals surface area contributed by atoms with Gasteiger partial charge >= 0.3 is 0 Å². The first kappa shape index (κ1) is 19.1. The van der Waals surface area contributed by atoms with Crippen molar-refractivity contribution in [3.05, 3.63) is 52.5 Å². The maximum Gasteiger partial charge on any atom is 0.279 e. The number of amides is 1. The van der Waals surface area contributed by atoms with Gasteiger partial charge in [0.2, 0.25) is 0 Å². The highest BCUT2D eigenvalue weighted by molar-refractivity contribution is 6.31. The minimum Gasteiger partial charge on any atom is -0.493 e. The molecule has 0 aliphatic heterocycles. The van der Waals surface area contributed by atoms with Gasteiger partial charge in [0.05, 0.1) is 26.8 Å². The Morgan fingerprint density at radius 2 is 1.88 bits per heavy atom. The SMILES string of the molecule is COc1cccc(C[NH+](C)CC(=O)Nc2cccc(Cl)c2C)c1OC. The summed E-state index contributed by atoms with van der Waals surface area (Å²) in [4.78, 5) is 13.4. The molecule has 0 aliphatic carbocycles. The van der Waals surface area contributed by atoms with Crippen molar-refractivity contribution >= 4 is 23.2 Å². The van der Waals surface area contributed by atoms with E-state index in [0.29, 0.717) is 29.6 Å². The standard InChI is InChI=1S/C19H23ClN2O3/c1-13-15(20)8-6-9-16(13)21-18(23)12-22(2)11-14-7-5-10-17(24-3)19(14)25-4/h5-10H,11-12H2,1-4H3,(H,21,23)/p+1. The molecule has 2 N–H and O–H groups in total. The van der Waals surface area contributed by atoms with Crippen LogP contribution in [0.2, 0.25) is 5.02 Å². The summed E-state index contributed by atoms with van der Waals surface area (Å²) in [5, 5.41) is 3.56. The summed E-state index contributed by atoms with van der Waals surface area (Å²) < 4.78 is 10.8. The van der Waals surface area contributed by atoms with Gasteiger partial charge in [0.1, 0.15) is 6.54 Å². The number of quaternary nitrogens is 1. The van der Waals surface area contributed by atoms with E-state index in [-0.39, 0.29) is 5.91 Å². The van der Waals surface area contributed by atoms with E-state index in [4.69, 9.17) is 21.1 Å². The molecule has 0 bridgehead atoms. The first-order valence-corrected chi connectivity index (χ1v) is 8.40. The molecule has 0 fully saturated rings. The number of anilines is 1. The van der Waals surface area contributed by atoms with E-state index in [2.05, 4.69) is 5.32 Å². The molecule has 0 radical (unpaired) electrons. The highest BCUT2D eigenvalue weighted by Crippen LogP contribution is 2.30. The van der Waals surface area contributed by atoms with Crippen molar-refractivity contribution in [1.82, 2.24) is 0 Å². The Bertz CT molecular complexity index is 749. The summed E-state index contributed by atoms with van der Waals surface area (Å²) in [5.74, 6) is 1.33. The topological polar surface area (TPSA) is 52.0 Å². The Morgan fingerprint density at radius 3 is 2.56 bits per heavy atom. The van der Waals surface area contributed by atoms with E-state index in [0.717, 1.165) is 21.7 Å². The van der Waals surface area contributed by atoms with Crippen LogP contribution in [0.1, 0.15) is 11.1 Å². The van der Waals surface area contributed by atoms with Crippen molar-refractivity contribution in [1.29, 1.82) is 0 Å². The van der Waals surface area contributed by atoms with Gasteiger partial charge in [-0.1, -0.05) is 23.7 Å². The zero-order valence-corrected chi connectivity index (χ0v) is 15.7. The van der Waals surface area contributed by atoms with Gasteiger partial charge in [-0.3, -0.25) is 4.79 Å². The molecule has 134 valence electrons. The van der Waals surface area contributed by atoms with Gasteiger partial charge < -0.3 is 19.7 Å². The Kier molecular flexibility index (Phi) is 6.67. The summed E-state index contributed by atoms with van der Waals surface area (Å²) in [5.41, 5.74) is 2.60. The van der Waals surface area contributed by atoms with E-state index in [1.807, 2.05) is 44.3 Å². The summed E-state index contributed by atoms with van der Waals surface area (Å²) in [6.45, 7) is 2.85. The molecule has 2 rings (SSSR count). The van der Waals surface area contributed by atoms with Crippen molar-refractivity contribution < 1.29 is 19.2 Å². The van der Waals surface area contributed by atoms with Crippen molar-refractivity contribution in [2.75, 3.05) is 33.1 Å². The molecule has 5 nitrogen and oxygen atoms in total. The van der Waals surface area contributed by atoms with Crippen LogP contribution in [0.4, 0.5) is 5.69 Å². The van der Waals surface area contributed by atoms with Gasteiger partial charge in [0, 0.05) is 10.7 Å². The summed E-state index contributed by atoms with van der Waals surface area (Å²) >= 11 is 6.09. The van der Waals surface area contributed by atoms with Crippen LogP contribution in [-0.4, -0.2) is 33.7 Å². The van der Waals surface area contributed by atoms with Crippen LogP contribution in [0, 0.1) is 6.92 Å². The first-order valence-electron chi connectivity index (χ1n) is 8.02. The van der Waals surface area contributed by atoms with E-state index in [9.17, 15) is 4.79 Å². The lowest BCUT2D eigenvalue weighted by molar-refractivity contribution is -0.885. The predicted molar refractivity (Wildman–Crippen MR) is 99.8 cm³/mol. The summed E-state index contributed by atoms with van der Waals surface area (Å²) in [6, 6.07) is 11.2. The molecule has 25 heavy (non-hydrogen) atoms. The lowest BCUT2D eigenvalue weighted by Crippen LogP contribution is -3.08. The fourth-order valence-electron chi connectivity index (χ4n) is 2.69. The molecule has 0 saturated carbocycles. The van der Waals surface area contributed by atoms with Crippen LogP contribution < -0.4 is 19.7 Å². The third kappa shape index (κ3) is 4.87. The van der Waals surface area contributed by atoms with Gasteiger partial charge in [-0.2, -0.15) is 0 Å². The van der Waals surface area contributed by atoms with Crippen LogP contribution in [0.25, 0.3) is 0 Å². The van der Waals surface area contributed by atoms with Crippen molar-refractivity contribution in [2.24, 2.45) is 0 Å². The van der Waals surface area contributed by atoms with E-state index in [1.54, 1.807) is 20.3 Å². The molecule has 0 heterocycles. The number of ether oxygens (including phenoxy) is 2. The van der Waals surface area contributed by atoms with Gasteiger partial charge in [0.25, 0.3) is 5.91 Å². The molecular formula is C19H24ClN2O3+. The predicted octanol–water partition coefficient (Wildman–Crippen LogP) is 2.32. The number of nitrogens with one attached hydrogen (secondary N) is 2.